The molecule has 1 saturated carbocycles. The van der Waals surface area contributed by atoms with Gasteiger partial charge in [-0.25, -0.2) is 4.98 Å². The van der Waals surface area contributed by atoms with Crippen LogP contribution in [0.2, 0.25) is 10.0 Å². The molecule has 0 spiro atoms. The van der Waals surface area contributed by atoms with Crippen LogP contribution in [0.1, 0.15) is 48.0 Å². The maximum Gasteiger partial charge on any atom is 0.253 e. The van der Waals surface area contributed by atoms with E-state index in [1.54, 1.807) is 24.4 Å². The molecule has 1 aromatic heterocycles. The van der Waals surface area contributed by atoms with E-state index in [2.05, 4.69) is 20.6 Å². The average molecular weight is 459 g/mol. The molecule has 1 amide bonds. The minimum Gasteiger partial charge on any atom is -0.362 e. The van der Waals surface area contributed by atoms with Gasteiger partial charge in [0.05, 0.1) is 0 Å². The molecule has 1 fully saturated rings. The minimum atomic E-state index is -0.608. The van der Waals surface area contributed by atoms with Gasteiger partial charge in [-0.15, -0.1) is 12.4 Å². The first-order valence-corrected chi connectivity index (χ1v) is 10.1. The summed E-state index contributed by atoms with van der Waals surface area (Å²) in [6.07, 6.45) is 6.54. The van der Waals surface area contributed by atoms with Gasteiger partial charge in [-0.1, -0.05) is 29.6 Å². The SMILES string of the molecule is Cc1cnc(NC2(NC(=O)c3cc(Cl)cc(Cl)c3)CCCCC2)nc1N(C)C.Cl. The first kappa shape index (κ1) is 23.5. The number of halogens is 3. The second-order valence-corrected chi connectivity index (χ2v) is 8.35. The Bertz CT molecular complexity index is 849. The lowest BCUT2D eigenvalue weighted by atomic mass is 9.88. The fourth-order valence-electron chi connectivity index (χ4n) is 3.57. The minimum absolute atomic E-state index is 0. The summed E-state index contributed by atoms with van der Waals surface area (Å²) in [6, 6.07) is 4.84. The van der Waals surface area contributed by atoms with Crippen molar-refractivity contribution in [2.24, 2.45) is 0 Å². The van der Waals surface area contributed by atoms with Crippen molar-refractivity contribution >= 4 is 53.3 Å². The molecule has 29 heavy (non-hydrogen) atoms. The summed E-state index contributed by atoms with van der Waals surface area (Å²) < 4.78 is 0. The number of carbonyl (C=O) groups is 1. The second kappa shape index (κ2) is 9.83. The molecule has 6 nitrogen and oxygen atoms in total. The van der Waals surface area contributed by atoms with Crippen LogP contribution in [0.5, 0.6) is 0 Å². The number of hydrogen-bond donors (Lipinski definition) is 2. The molecule has 1 heterocycles. The van der Waals surface area contributed by atoms with E-state index >= 15 is 0 Å². The third-order valence-corrected chi connectivity index (χ3v) is 5.34. The number of aromatic nitrogens is 2. The van der Waals surface area contributed by atoms with Gasteiger partial charge in [0.2, 0.25) is 5.95 Å². The largest absolute Gasteiger partial charge is 0.362 e. The number of hydrogen-bond acceptors (Lipinski definition) is 5. The van der Waals surface area contributed by atoms with E-state index in [1.807, 2.05) is 25.9 Å². The molecule has 158 valence electrons. The Morgan fingerprint density at radius 3 is 2.31 bits per heavy atom. The first-order valence-electron chi connectivity index (χ1n) is 9.36. The predicted molar refractivity (Wildman–Crippen MR) is 122 cm³/mol. The van der Waals surface area contributed by atoms with E-state index in [0.717, 1.165) is 43.5 Å². The number of aryl methyl sites for hydroxylation is 1. The number of nitrogens with zero attached hydrogens (tertiary/aromatic N) is 3. The number of rotatable bonds is 5. The van der Waals surface area contributed by atoms with Crippen LogP contribution in [0.25, 0.3) is 0 Å². The third-order valence-electron chi connectivity index (χ3n) is 4.90. The van der Waals surface area contributed by atoms with Crippen LogP contribution >= 0.6 is 35.6 Å². The topological polar surface area (TPSA) is 70.1 Å². The summed E-state index contributed by atoms with van der Waals surface area (Å²) in [5, 5.41) is 7.42. The molecule has 0 saturated heterocycles. The molecule has 9 heteroatoms. The molecule has 0 atom stereocenters. The molecule has 0 unspecified atom stereocenters. The lowest BCUT2D eigenvalue weighted by molar-refractivity contribution is 0.0888. The van der Waals surface area contributed by atoms with E-state index in [0.29, 0.717) is 21.6 Å². The Kier molecular flexibility index (Phi) is 7.97. The Morgan fingerprint density at radius 1 is 1.10 bits per heavy atom. The van der Waals surface area contributed by atoms with Crippen molar-refractivity contribution in [2.45, 2.75) is 44.7 Å². The molecule has 3 rings (SSSR count). The molecular formula is C20H26Cl3N5O. The highest BCUT2D eigenvalue weighted by atomic mass is 35.5. The average Bonchev–Trinajstić information content (AvgIpc) is 2.63. The Labute approximate surface area is 187 Å². The van der Waals surface area contributed by atoms with Crippen molar-refractivity contribution in [2.75, 3.05) is 24.3 Å². The van der Waals surface area contributed by atoms with Crippen molar-refractivity contribution in [3.8, 4) is 0 Å². The standard InChI is InChI=1S/C20H25Cl2N5O.ClH/c1-13-12-23-19(24-17(13)27(2)3)26-20(7-5-4-6-8-20)25-18(28)14-9-15(21)11-16(22)10-14;/h9-12H,4-8H2,1-3H3,(H,25,28)(H,23,24,26);1H. The maximum absolute atomic E-state index is 12.9. The highest BCUT2D eigenvalue weighted by molar-refractivity contribution is 6.35. The molecule has 2 N–H and O–H groups in total. The van der Waals surface area contributed by atoms with Crippen LogP contribution in [0.4, 0.5) is 11.8 Å². The molecule has 1 aromatic carbocycles. The van der Waals surface area contributed by atoms with Crippen LogP contribution in [0, 0.1) is 6.92 Å². The van der Waals surface area contributed by atoms with Gasteiger partial charge in [-0.05, 0) is 50.8 Å². The smallest absolute Gasteiger partial charge is 0.253 e. The van der Waals surface area contributed by atoms with Gasteiger partial charge in [-0.2, -0.15) is 4.98 Å². The van der Waals surface area contributed by atoms with E-state index < -0.39 is 5.66 Å². The third kappa shape index (κ3) is 5.87. The van der Waals surface area contributed by atoms with Crippen LogP contribution in [0.15, 0.2) is 24.4 Å². The highest BCUT2D eigenvalue weighted by Gasteiger charge is 2.35. The van der Waals surface area contributed by atoms with E-state index in [9.17, 15) is 4.79 Å². The molecular weight excluding hydrogens is 433 g/mol. The Morgan fingerprint density at radius 2 is 1.72 bits per heavy atom. The highest BCUT2D eigenvalue weighted by Crippen LogP contribution is 2.30. The second-order valence-electron chi connectivity index (χ2n) is 7.47. The maximum atomic E-state index is 12.9. The molecule has 0 bridgehead atoms. The molecule has 1 aliphatic rings. The van der Waals surface area contributed by atoms with Gasteiger partial charge in [0.15, 0.2) is 0 Å². The fraction of sp³-hybridized carbons (Fsp3) is 0.450. The van der Waals surface area contributed by atoms with Gasteiger partial charge in [0.25, 0.3) is 5.91 Å². The lowest BCUT2D eigenvalue weighted by Crippen LogP contribution is -2.55. The van der Waals surface area contributed by atoms with Crippen molar-refractivity contribution in [1.82, 2.24) is 15.3 Å². The van der Waals surface area contributed by atoms with Gasteiger partial charge < -0.3 is 15.5 Å². The van der Waals surface area contributed by atoms with Crippen molar-refractivity contribution in [3.63, 3.8) is 0 Å². The van der Waals surface area contributed by atoms with E-state index in [-0.39, 0.29) is 18.3 Å². The van der Waals surface area contributed by atoms with Gasteiger partial charge in [0, 0.05) is 41.5 Å². The fourth-order valence-corrected chi connectivity index (χ4v) is 4.10. The Balaban J connectivity index is 0.00000300. The van der Waals surface area contributed by atoms with Crippen LogP contribution in [-0.2, 0) is 0 Å². The lowest BCUT2D eigenvalue weighted by Gasteiger charge is -2.39. The summed E-state index contributed by atoms with van der Waals surface area (Å²) in [7, 11) is 3.89. The monoisotopic (exact) mass is 457 g/mol. The van der Waals surface area contributed by atoms with Gasteiger partial charge in [-0.3, -0.25) is 4.79 Å². The number of amides is 1. The normalized spacial score (nSPS) is 15.2. The van der Waals surface area contributed by atoms with Crippen molar-refractivity contribution in [1.29, 1.82) is 0 Å². The first-order chi connectivity index (χ1) is 13.3. The molecule has 2 aromatic rings. The summed E-state index contributed by atoms with van der Waals surface area (Å²) in [4.78, 5) is 23.9. The molecule has 0 aliphatic heterocycles. The van der Waals surface area contributed by atoms with Crippen molar-refractivity contribution in [3.05, 3.63) is 45.6 Å². The molecule has 1 aliphatic carbocycles. The van der Waals surface area contributed by atoms with Crippen LogP contribution in [0.3, 0.4) is 0 Å². The van der Waals surface area contributed by atoms with Gasteiger partial charge in [0.1, 0.15) is 11.5 Å². The zero-order valence-electron chi connectivity index (χ0n) is 16.8. The number of nitrogens with one attached hydrogen (secondary N) is 2. The van der Waals surface area contributed by atoms with Gasteiger partial charge >= 0.3 is 0 Å². The quantitative estimate of drug-likeness (QED) is 0.611. The summed E-state index contributed by atoms with van der Waals surface area (Å²) in [5.41, 5.74) is 0.817. The number of carbonyl (C=O) groups excluding carboxylic acids is 1. The van der Waals surface area contributed by atoms with Crippen molar-refractivity contribution < 1.29 is 4.79 Å². The predicted octanol–water partition coefficient (Wildman–Crippen LogP) is 5.08. The summed E-state index contributed by atoms with van der Waals surface area (Å²) in [6.45, 7) is 1.97. The zero-order chi connectivity index (χ0) is 20.3. The van der Waals surface area contributed by atoms with Crippen LogP contribution < -0.4 is 15.5 Å². The number of benzene rings is 1. The Hall–Kier alpha value is -1.76. The zero-order valence-corrected chi connectivity index (χ0v) is 19.1. The summed E-state index contributed by atoms with van der Waals surface area (Å²) in [5.74, 6) is 1.12. The van der Waals surface area contributed by atoms with E-state index in [4.69, 9.17) is 23.2 Å². The van der Waals surface area contributed by atoms with E-state index in [1.165, 1.54) is 0 Å². The molecule has 0 radical (unpaired) electrons. The van der Waals surface area contributed by atoms with Crippen LogP contribution in [-0.4, -0.2) is 35.6 Å². The number of anilines is 2. The summed E-state index contributed by atoms with van der Waals surface area (Å²) >= 11 is 12.1.